The van der Waals surface area contributed by atoms with E-state index >= 15 is 0 Å². The first kappa shape index (κ1) is 42.2. The first-order valence-electron chi connectivity index (χ1n) is 26.7. The molecule has 0 spiro atoms. The van der Waals surface area contributed by atoms with Gasteiger partial charge in [0.1, 0.15) is 0 Å². The number of fused-ring (bicyclic) bond motifs is 15. The quantitative estimate of drug-likeness (QED) is 0.158. The molecule has 0 aliphatic heterocycles. The Morgan fingerprint density at radius 2 is 0.390 bits per heavy atom. The molecule has 4 aromatic heterocycles. The Kier molecular flexibility index (Phi) is 8.73. The molecule has 0 unspecified atom stereocenters. The van der Waals surface area contributed by atoms with Crippen molar-refractivity contribution >= 4 is 87.2 Å². The average Bonchev–Trinajstić information content (AvgIpc) is 4.47. The van der Waals surface area contributed by atoms with Crippen molar-refractivity contribution in [3.63, 3.8) is 0 Å². The monoisotopic (exact) mass is 978 g/mol. The largest absolute Gasteiger partial charge is 0.309 e. The lowest BCUT2D eigenvalue weighted by Crippen LogP contribution is -2.29. The molecule has 4 heteroatoms. The van der Waals surface area contributed by atoms with Crippen molar-refractivity contribution in [2.24, 2.45) is 0 Å². The Labute approximate surface area is 443 Å². The zero-order valence-electron chi connectivity index (χ0n) is 41.8. The summed E-state index contributed by atoms with van der Waals surface area (Å²) in [7, 11) is 0. The van der Waals surface area contributed by atoms with Crippen molar-refractivity contribution in [2.45, 2.75) is 5.41 Å². The highest BCUT2D eigenvalue weighted by Crippen LogP contribution is 2.58. The van der Waals surface area contributed by atoms with Gasteiger partial charge in [0.05, 0.1) is 49.5 Å². The van der Waals surface area contributed by atoms with Gasteiger partial charge in [-0.25, -0.2) is 0 Å². The third kappa shape index (κ3) is 5.76. The molecule has 0 bridgehead atoms. The third-order valence-corrected chi connectivity index (χ3v) is 17.0. The van der Waals surface area contributed by atoms with Crippen LogP contribution in [-0.2, 0) is 5.41 Å². The van der Waals surface area contributed by atoms with Crippen LogP contribution in [0.3, 0.4) is 0 Å². The molecule has 12 aromatic carbocycles. The minimum atomic E-state index is -0.836. The topological polar surface area (TPSA) is 19.7 Å². The number of hydrogen-bond acceptors (Lipinski definition) is 0. The van der Waals surface area contributed by atoms with Crippen LogP contribution in [0.1, 0.15) is 22.3 Å². The van der Waals surface area contributed by atoms with E-state index in [4.69, 9.17) is 0 Å². The highest BCUT2D eigenvalue weighted by molar-refractivity contribution is 6.13. The molecule has 1 aliphatic carbocycles. The number of aromatic nitrogens is 4. The summed E-state index contributed by atoms with van der Waals surface area (Å²) < 4.78 is 10.0. The third-order valence-electron chi connectivity index (χ3n) is 17.0. The molecule has 0 atom stereocenters. The maximum Gasteiger partial charge on any atom is 0.0716 e. The van der Waals surface area contributed by atoms with Crippen LogP contribution in [0, 0.1) is 0 Å². The van der Waals surface area contributed by atoms with E-state index in [0.717, 1.165) is 22.7 Å². The summed E-state index contributed by atoms with van der Waals surface area (Å²) in [5, 5.41) is 9.84. The maximum absolute atomic E-state index is 2.52. The Hall–Kier alpha value is -10.2. The highest BCUT2D eigenvalue weighted by Gasteiger charge is 2.47. The molecule has 0 radical (unpaired) electrons. The summed E-state index contributed by atoms with van der Waals surface area (Å²) in [6.45, 7) is 0. The normalized spacial score (nSPS) is 13.0. The second-order valence-corrected chi connectivity index (χ2v) is 20.8. The van der Waals surface area contributed by atoms with Gasteiger partial charge in [-0.2, -0.15) is 0 Å². The fraction of sp³-hybridized carbons (Fsp3) is 0.0137. The van der Waals surface area contributed by atoms with Crippen LogP contribution >= 0.6 is 0 Å². The molecule has 0 fully saturated rings. The van der Waals surface area contributed by atoms with Crippen molar-refractivity contribution in [3.8, 4) is 33.9 Å². The van der Waals surface area contributed by atoms with E-state index < -0.39 is 5.41 Å². The summed E-state index contributed by atoms with van der Waals surface area (Å²) in [5.74, 6) is 0. The molecule has 0 amide bonds. The molecular weight excluding hydrogens is 933 g/mol. The molecule has 0 N–H and O–H groups in total. The molecule has 0 saturated heterocycles. The van der Waals surface area contributed by atoms with E-state index in [-0.39, 0.29) is 0 Å². The van der Waals surface area contributed by atoms with Crippen molar-refractivity contribution < 1.29 is 0 Å². The van der Waals surface area contributed by atoms with E-state index in [2.05, 4.69) is 297 Å². The number of nitrogens with zero attached hydrogens (tertiary/aromatic N) is 4. The SMILES string of the molecule is c1ccc2c(c1)-c1ccccc1C2(c1cc(-n2c3ccccc3c3ccccc32)cc(-n2c3ccccc3c3ccccc32)c1)c1cc(-n2c3ccccc3c3ccccc32)cc(-n2c3ccccc3c3ccccc32)c1. The van der Waals surface area contributed by atoms with Gasteiger partial charge in [-0.15, -0.1) is 0 Å². The molecule has 17 rings (SSSR count). The van der Waals surface area contributed by atoms with Gasteiger partial charge in [0, 0.05) is 65.8 Å². The van der Waals surface area contributed by atoms with Crippen LogP contribution in [0.25, 0.3) is 121 Å². The zero-order chi connectivity index (χ0) is 50.3. The Morgan fingerprint density at radius 1 is 0.195 bits per heavy atom. The minimum Gasteiger partial charge on any atom is -0.309 e. The average molecular weight is 979 g/mol. The Morgan fingerprint density at radius 3 is 0.623 bits per heavy atom. The number of hydrogen-bond donors (Lipinski definition) is 0. The van der Waals surface area contributed by atoms with Gasteiger partial charge in [0.2, 0.25) is 0 Å². The second kappa shape index (κ2) is 15.9. The zero-order valence-corrected chi connectivity index (χ0v) is 41.8. The Bertz CT molecular complexity index is 4330. The first-order chi connectivity index (χ1) is 38.2. The standard InChI is InChI=1S/C73H46N4/c1-11-31-63-53(21-1)54-22-2-12-32-64(54)73(63,47-41-49(74-65-33-13-3-23-55(65)56-24-4-14-34-66(56)74)45-50(42-47)75-67-35-15-5-25-57(67)58-26-6-16-36-68(58)75)48-43-51(76-69-37-17-7-27-59(69)60-28-8-18-38-70(60)76)46-52(44-48)77-71-39-19-9-29-61(71)62-30-10-20-40-72(62)77/h1-46H. The van der Waals surface area contributed by atoms with E-state index in [1.165, 1.54) is 121 Å². The molecule has 16 aromatic rings. The van der Waals surface area contributed by atoms with Crippen LogP contribution in [0.2, 0.25) is 0 Å². The summed E-state index contributed by atoms with van der Waals surface area (Å²) in [4.78, 5) is 0. The van der Waals surface area contributed by atoms with Gasteiger partial charge in [0.25, 0.3) is 0 Å². The van der Waals surface area contributed by atoms with E-state index in [1.807, 2.05) is 0 Å². The molecule has 358 valence electrons. The fourth-order valence-electron chi connectivity index (χ4n) is 14.0. The predicted octanol–water partition coefficient (Wildman–Crippen LogP) is 18.4. The van der Waals surface area contributed by atoms with Gasteiger partial charge in [-0.05, 0) is 118 Å². The summed E-state index contributed by atoms with van der Waals surface area (Å²) in [6, 6.07) is 104. The molecule has 4 heterocycles. The maximum atomic E-state index is 2.52. The van der Waals surface area contributed by atoms with Gasteiger partial charge < -0.3 is 18.3 Å². The molecule has 77 heavy (non-hydrogen) atoms. The van der Waals surface area contributed by atoms with Crippen LogP contribution in [0.15, 0.2) is 279 Å². The summed E-state index contributed by atoms with van der Waals surface area (Å²) in [6.07, 6.45) is 0. The summed E-state index contributed by atoms with van der Waals surface area (Å²) in [5.41, 5.74) is 20.2. The number of benzene rings is 12. The molecule has 0 saturated carbocycles. The van der Waals surface area contributed by atoms with Gasteiger partial charge in [-0.3, -0.25) is 0 Å². The lowest BCUT2D eigenvalue weighted by molar-refractivity contribution is 0.763. The predicted molar refractivity (Wildman–Crippen MR) is 321 cm³/mol. The number of rotatable bonds is 6. The lowest BCUT2D eigenvalue weighted by atomic mass is 9.67. The van der Waals surface area contributed by atoms with E-state index in [1.54, 1.807) is 0 Å². The van der Waals surface area contributed by atoms with Crippen LogP contribution in [0.4, 0.5) is 0 Å². The lowest BCUT2D eigenvalue weighted by Gasteiger charge is -2.35. The van der Waals surface area contributed by atoms with E-state index in [0.29, 0.717) is 0 Å². The van der Waals surface area contributed by atoms with Crippen molar-refractivity contribution in [1.82, 2.24) is 18.3 Å². The Balaban J connectivity index is 1.08. The second-order valence-electron chi connectivity index (χ2n) is 20.8. The van der Waals surface area contributed by atoms with E-state index in [9.17, 15) is 0 Å². The molecule has 4 nitrogen and oxygen atoms in total. The van der Waals surface area contributed by atoms with Crippen LogP contribution in [-0.4, -0.2) is 18.3 Å². The van der Waals surface area contributed by atoms with Gasteiger partial charge in [-0.1, -0.05) is 194 Å². The van der Waals surface area contributed by atoms with Crippen LogP contribution in [0.5, 0.6) is 0 Å². The van der Waals surface area contributed by atoms with Crippen LogP contribution < -0.4 is 0 Å². The summed E-state index contributed by atoms with van der Waals surface area (Å²) >= 11 is 0. The van der Waals surface area contributed by atoms with Gasteiger partial charge >= 0.3 is 0 Å². The molecular formula is C73H46N4. The highest BCUT2D eigenvalue weighted by atomic mass is 15.0. The number of para-hydroxylation sites is 8. The van der Waals surface area contributed by atoms with Crippen molar-refractivity contribution in [2.75, 3.05) is 0 Å². The molecule has 1 aliphatic rings. The minimum absolute atomic E-state index is 0.836. The van der Waals surface area contributed by atoms with Crippen molar-refractivity contribution in [1.29, 1.82) is 0 Å². The smallest absolute Gasteiger partial charge is 0.0716 e. The van der Waals surface area contributed by atoms with Crippen molar-refractivity contribution in [3.05, 3.63) is 301 Å². The fourth-order valence-corrected chi connectivity index (χ4v) is 14.0. The first-order valence-corrected chi connectivity index (χ1v) is 26.7. The van der Waals surface area contributed by atoms with Gasteiger partial charge in [0.15, 0.2) is 0 Å².